The SMILES string of the molecule is CCCCCCCCCc1ccc(P(c2ccc(CCCCCCCCC)cc2)c2ccc(CCCCCCCCC)cc2)cc1. The normalized spacial score (nSPS) is 11.5. The molecular weight excluding hydrogens is 571 g/mol. The lowest BCUT2D eigenvalue weighted by Crippen LogP contribution is -2.21. The van der Waals surface area contributed by atoms with E-state index in [4.69, 9.17) is 0 Å². The van der Waals surface area contributed by atoms with Crippen molar-refractivity contribution < 1.29 is 0 Å². The van der Waals surface area contributed by atoms with E-state index in [9.17, 15) is 0 Å². The van der Waals surface area contributed by atoms with Crippen molar-refractivity contribution in [2.75, 3.05) is 0 Å². The van der Waals surface area contributed by atoms with Gasteiger partial charge in [-0.1, -0.05) is 209 Å². The zero-order valence-corrected chi connectivity index (χ0v) is 31.2. The highest BCUT2D eigenvalue weighted by molar-refractivity contribution is 7.79. The van der Waals surface area contributed by atoms with E-state index in [1.165, 1.54) is 187 Å². The molecule has 0 atom stereocenters. The maximum atomic E-state index is 2.45. The second-order valence-corrected chi connectivity index (χ2v) is 16.2. The summed E-state index contributed by atoms with van der Waals surface area (Å²) in [6.07, 6.45) is 32.6. The third-order valence-electron chi connectivity index (χ3n) is 9.79. The van der Waals surface area contributed by atoms with E-state index in [0.717, 1.165) is 0 Å². The molecule has 0 radical (unpaired) electrons. The first kappa shape index (κ1) is 38.5. The van der Waals surface area contributed by atoms with Crippen LogP contribution in [0.1, 0.15) is 172 Å². The minimum atomic E-state index is -0.557. The highest BCUT2D eigenvalue weighted by Crippen LogP contribution is 2.33. The molecule has 0 unspecified atom stereocenters. The lowest BCUT2D eigenvalue weighted by Gasteiger charge is -2.20. The van der Waals surface area contributed by atoms with Gasteiger partial charge in [-0.15, -0.1) is 0 Å². The summed E-state index contributed by atoms with van der Waals surface area (Å²) >= 11 is 0. The molecule has 0 N–H and O–H groups in total. The molecule has 0 aliphatic carbocycles. The van der Waals surface area contributed by atoms with Gasteiger partial charge >= 0.3 is 0 Å². The summed E-state index contributed by atoms with van der Waals surface area (Å²) in [5.41, 5.74) is 4.51. The van der Waals surface area contributed by atoms with Gasteiger partial charge in [-0.25, -0.2) is 0 Å². The summed E-state index contributed by atoms with van der Waals surface area (Å²) in [5, 5.41) is 4.45. The lowest BCUT2D eigenvalue weighted by atomic mass is 10.0. The number of hydrogen-bond acceptors (Lipinski definition) is 0. The average Bonchev–Trinajstić information content (AvgIpc) is 3.09. The maximum Gasteiger partial charge on any atom is -0.0134 e. The zero-order chi connectivity index (χ0) is 32.5. The third kappa shape index (κ3) is 15.8. The predicted octanol–water partition coefficient (Wildman–Crippen LogP) is 13.3. The van der Waals surface area contributed by atoms with Crippen LogP contribution in [-0.2, 0) is 19.3 Å². The standard InChI is InChI=1S/C45H69P/c1-4-7-10-13-16-19-22-25-40-28-34-43(35-29-40)46(44-36-30-41(31-37-44)26-23-20-17-14-11-8-5-2)45-38-32-42(33-39-45)27-24-21-18-15-12-9-6-3/h28-39H,4-27H2,1-3H3. The lowest BCUT2D eigenvalue weighted by molar-refractivity contribution is 0.589. The first-order valence-corrected chi connectivity index (χ1v) is 21.2. The van der Waals surface area contributed by atoms with Gasteiger partial charge in [0.15, 0.2) is 0 Å². The molecule has 0 nitrogen and oxygen atoms in total. The zero-order valence-electron chi connectivity index (χ0n) is 30.3. The molecule has 46 heavy (non-hydrogen) atoms. The minimum absolute atomic E-state index is 0.557. The quantitative estimate of drug-likeness (QED) is 0.0574. The van der Waals surface area contributed by atoms with Crippen molar-refractivity contribution in [1.29, 1.82) is 0 Å². The van der Waals surface area contributed by atoms with Crippen LogP contribution in [0.5, 0.6) is 0 Å². The van der Waals surface area contributed by atoms with Gasteiger partial charge in [0.05, 0.1) is 0 Å². The Morgan fingerprint density at radius 2 is 0.500 bits per heavy atom. The van der Waals surface area contributed by atoms with Gasteiger partial charge in [-0.3, -0.25) is 0 Å². The highest BCUT2D eigenvalue weighted by atomic mass is 31.1. The molecule has 0 amide bonds. The van der Waals surface area contributed by atoms with E-state index >= 15 is 0 Å². The molecule has 1 heteroatoms. The third-order valence-corrected chi connectivity index (χ3v) is 12.2. The Labute approximate surface area is 287 Å². The van der Waals surface area contributed by atoms with Crippen molar-refractivity contribution in [1.82, 2.24) is 0 Å². The van der Waals surface area contributed by atoms with Crippen LogP contribution in [0.2, 0.25) is 0 Å². The molecule has 0 spiro atoms. The van der Waals surface area contributed by atoms with Crippen molar-refractivity contribution in [2.24, 2.45) is 0 Å². The van der Waals surface area contributed by atoms with E-state index in [1.807, 2.05) is 0 Å². The first-order chi connectivity index (χ1) is 22.7. The van der Waals surface area contributed by atoms with Crippen LogP contribution in [0, 0.1) is 0 Å². The number of benzene rings is 3. The topological polar surface area (TPSA) is 0 Å². The molecule has 0 aliphatic rings. The maximum absolute atomic E-state index is 2.45. The fourth-order valence-electron chi connectivity index (χ4n) is 6.74. The number of unbranched alkanes of at least 4 members (excludes halogenated alkanes) is 18. The monoisotopic (exact) mass is 641 g/mol. The Morgan fingerprint density at radius 1 is 0.283 bits per heavy atom. The Bertz CT molecular complexity index is 965. The highest BCUT2D eigenvalue weighted by Gasteiger charge is 2.17. The van der Waals surface area contributed by atoms with Gasteiger partial charge in [0.1, 0.15) is 0 Å². The van der Waals surface area contributed by atoms with Crippen molar-refractivity contribution in [3.05, 3.63) is 89.5 Å². The Hall–Kier alpha value is -1.91. The van der Waals surface area contributed by atoms with Crippen LogP contribution in [0.4, 0.5) is 0 Å². The van der Waals surface area contributed by atoms with E-state index in [0.29, 0.717) is 0 Å². The van der Waals surface area contributed by atoms with Crippen molar-refractivity contribution >= 4 is 23.8 Å². The van der Waals surface area contributed by atoms with E-state index < -0.39 is 7.92 Å². The van der Waals surface area contributed by atoms with Crippen molar-refractivity contribution in [3.63, 3.8) is 0 Å². The van der Waals surface area contributed by atoms with E-state index in [-0.39, 0.29) is 0 Å². The minimum Gasteiger partial charge on any atom is -0.0654 e. The molecular formula is C45H69P. The summed E-state index contributed by atoms with van der Waals surface area (Å²) in [7, 11) is -0.557. The molecule has 0 saturated heterocycles. The molecule has 3 aromatic rings. The predicted molar refractivity (Wildman–Crippen MR) is 210 cm³/mol. The molecule has 3 rings (SSSR count). The van der Waals surface area contributed by atoms with E-state index in [1.54, 1.807) is 0 Å². The van der Waals surface area contributed by atoms with Crippen LogP contribution in [-0.4, -0.2) is 0 Å². The molecule has 254 valence electrons. The Balaban J connectivity index is 1.62. The smallest absolute Gasteiger partial charge is 0.0134 e. The summed E-state index contributed by atoms with van der Waals surface area (Å²) in [6.45, 7) is 6.90. The van der Waals surface area contributed by atoms with Crippen LogP contribution in [0.25, 0.3) is 0 Å². The molecule has 0 aromatic heterocycles. The Kier molecular flexibility index (Phi) is 21.1. The summed E-state index contributed by atoms with van der Waals surface area (Å²) in [6, 6.07) is 29.2. The number of hydrogen-bond donors (Lipinski definition) is 0. The van der Waals surface area contributed by atoms with Crippen LogP contribution in [0.15, 0.2) is 72.8 Å². The van der Waals surface area contributed by atoms with Crippen LogP contribution in [0.3, 0.4) is 0 Å². The molecule has 0 saturated carbocycles. The summed E-state index contributed by atoms with van der Waals surface area (Å²) in [5.74, 6) is 0. The van der Waals surface area contributed by atoms with Gasteiger partial charge in [0.2, 0.25) is 0 Å². The molecule has 0 bridgehead atoms. The van der Waals surface area contributed by atoms with Crippen LogP contribution < -0.4 is 15.9 Å². The fourth-order valence-corrected chi connectivity index (χ4v) is 8.98. The Morgan fingerprint density at radius 3 is 0.739 bits per heavy atom. The van der Waals surface area contributed by atoms with Gasteiger partial charge < -0.3 is 0 Å². The van der Waals surface area contributed by atoms with Crippen molar-refractivity contribution in [3.8, 4) is 0 Å². The van der Waals surface area contributed by atoms with E-state index in [2.05, 4.69) is 93.6 Å². The number of aryl methyl sites for hydroxylation is 3. The molecule has 0 aliphatic heterocycles. The van der Waals surface area contributed by atoms with Gasteiger partial charge in [0.25, 0.3) is 0 Å². The fraction of sp³-hybridized carbons (Fsp3) is 0.600. The second-order valence-electron chi connectivity index (χ2n) is 13.9. The first-order valence-electron chi connectivity index (χ1n) is 19.8. The second kappa shape index (κ2) is 25.2. The summed E-state index contributed by atoms with van der Waals surface area (Å²) < 4.78 is 0. The van der Waals surface area contributed by atoms with Gasteiger partial charge in [-0.2, -0.15) is 0 Å². The van der Waals surface area contributed by atoms with Gasteiger partial charge in [-0.05, 0) is 79.1 Å². The molecule has 3 aromatic carbocycles. The largest absolute Gasteiger partial charge is 0.0654 e. The summed E-state index contributed by atoms with van der Waals surface area (Å²) in [4.78, 5) is 0. The number of rotatable bonds is 27. The molecule has 0 fully saturated rings. The van der Waals surface area contributed by atoms with Gasteiger partial charge in [0, 0.05) is 0 Å². The molecule has 0 heterocycles. The van der Waals surface area contributed by atoms with Crippen molar-refractivity contribution in [2.45, 2.75) is 175 Å². The average molecular weight is 641 g/mol. The van der Waals surface area contributed by atoms with Crippen LogP contribution >= 0.6 is 7.92 Å².